The van der Waals surface area contributed by atoms with Crippen LogP contribution in [0.2, 0.25) is 0 Å². The van der Waals surface area contributed by atoms with Crippen LogP contribution < -0.4 is 5.63 Å². The van der Waals surface area contributed by atoms with Crippen molar-refractivity contribution in [3.05, 3.63) is 67.3 Å². The van der Waals surface area contributed by atoms with Crippen LogP contribution in [0.3, 0.4) is 0 Å². The molecule has 190 valence electrons. The molecule has 35 heavy (non-hydrogen) atoms. The van der Waals surface area contributed by atoms with Gasteiger partial charge in [0.25, 0.3) is 0 Å². The fourth-order valence-electron chi connectivity index (χ4n) is 3.77. The number of carbonyl (C=O) groups excluding carboxylic acids is 1. The fourth-order valence-corrected chi connectivity index (χ4v) is 3.77. The Morgan fingerprint density at radius 3 is 2.06 bits per heavy atom. The van der Waals surface area contributed by atoms with Gasteiger partial charge in [0.1, 0.15) is 34.3 Å². The summed E-state index contributed by atoms with van der Waals surface area (Å²) < 4.78 is 5.17. The Morgan fingerprint density at radius 2 is 1.49 bits per heavy atom. The van der Waals surface area contributed by atoms with Crippen LogP contribution in [0, 0.1) is 19.8 Å². The van der Waals surface area contributed by atoms with E-state index in [1.54, 1.807) is 27.7 Å². The van der Waals surface area contributed by atoms with Crippen LogP contribution in [0.1, 0.15) is 85.8 Å². The molecule has 2 aromatic rings. The van der Waals surface area contributed by atoms with Crippen molar-refractivity contribution in [3.63, 3.8) is 0 Å². The fraction of sp³-hybridized carbons (Fsp3) is 0.429. The molecule has 1 aromatic carbocycles. The molecular weight excluding hydrogens is 448 g/mol. The first-order chi connectivity index (χ1) is 16.3. The van der Waals surface area contributed by atoms with Crippen LogP contribution >= 0.6 is 0 Å². The van der Waals surface area contributed by atoms with Crippen molar-refractivity contribution in [2.75, 3.05) is 0 Å². The summed E-state index contributed by atoms with van der Waals surface area (Å²) in [5.74, 6) is -2.66. The van der Waals surface area contributed by atoms with E-state index in [-0.39, 0.29) is 46.6 Å². The van der Waals surface area contributed by atoms with E-state index in [1.807, 2.05) is 26.8 Å². The Kier molecular flexibility index (Phi) is 8.96. The van der Waals surface area contributed by atoms with Crippen LogP contribution in [0.4, 0.5) is 0 Å². The van der Waals surface area contributed by atoms with E-state index in [4.69, 9.17) is 4.42 Å². The first kappa shape index (κ1) is 27.8. The lowest BCUT2D eigenvalue weighted by molar-refractivity contribution is 0.0933. The van der Waals surface area contributed by atoms with Gasteiger partial charge >= 0.3 is 5.63 Å². The largest absolute Gasteiger partial charge is 0.507 e. The third-order valence-corrected chi connectivity index (χ3v) is 6.15. The van der Waals surface area contributed by atoms with Crippen LogP contribution in [-0.2, 0) is 12.8 Å². The molecule has 0 spiro atoms. The monoisotopic (exact) mass is 484 g/mol. The molecule has 1 aromatic heterocycles. The summed E-state index contributed by atoms with van der Waals surface area (Å²) in [5, 5.41) is 43.4. The molecule has 0 atom stereocenters. The van der Waals surface area contributed by atoms with E-state index in [9.17, 15) is 30.0 Å². The van der Waals surface area contributed by atoms with E-state index in [1.165, 1.54) is 5.57 Å². The van der Waals surface area contributed by atoms with Crippen molar-refractivity contribution in [2.24, 2.45) is 5.92 Å². The van der Waals surface area contributed by atoms with Gasteiger partial charge in [-0.05, 0) is 53.9 Å². The highest BCUT2D eigenvalue weighted by Crippen LogP contribution is 2.45. The van der Waals surface area contributed by atoms with Crippen LogP contribution in [0.25, 0.3) is 0 Å². The molecule has 0 amide bonds. The van der Waals surface area contributed by atoms with Crippen molar-refractivity contribution in [1.82, 2.24) is 0 Å². The van der Waals surface area contributed by atoms with E-state index in [2.05, 4.69) is 6.08 Å². The lowest BCUT2D eigenvalue weighted by Gasteiger charge is -2.19. The van der Waals surface area contributed by atoms with E-state index in [0.717, 1.165) is 18.4 Å². The second-order valence-electron chi connectivity index (χ2n) is 9.55. The number of carbonyl (C=O) groups is 1. The Balaban J connectivity index is 2.67. The zero-order chi connectivity index (χ0) is 26.6. The number of hydrogen-bond donors (Lipinski definition) is 4. The third-order valence-electron chi connectivity index (χ3n) is 6.15. The smallest absolute Gasteiger partial charge is 0.343 e. The van der Waals surface area contributed by atoms with Gasteiger partial charge in [-0.15, -0.1) is 0 Å². The highest BCUT2D eigenvalue weighted by atomic mass is 16.4. The lowest BCUT2D eigenvalue weighted by Crippen LogP contribution is -2.13. The van der Waals surface area contributed by atoms with Gasteiger partial charge in [0.15, 0.2) is 5.78 Å². The molecule has 0 bridgehead atoms. The average Bonchev–Trinajstić information content (AvgIpc) is 2.76. The number of ketones is 1. The number of aromatic hydroxyl groups is 4. The first-order valence-electron chi connectivity index (χ1n) is 11.7. The van der Waals surface area contributed by atoms with Gasteiger partial charge in [0.05, 0.1) is 5.56 Å². The van der Waals surface area contributed by atoms with Gasteiger partial charge in [-0.1, -0.05) is 37.1 Å². The minimum absolute atomic E-state index is 0.0658. The van der Waals surface area contributed by atoms with Crippen LogP contribution in [0.15, 0.2) is 32.5 Å². The molecule has 7 heteroatoms. The first-order valence-corrected chi connectivity index (χ1v) is 11.7. The van der Waals surface area contributed by atoms with E-state index >= 15 is 0 Å². The molecule has 0 aliphatic rings. The number of benzene rings is 1. The molecule has 0 aliphatic heterocycles. The maximum atomic E-state index is 12.9. The standard InChI is InChI=1S/C28H36O7/c1-14(2)9-8-10-16(5)11-12-19-25(31)20(27(33)22(26(19)32)23(29)15(3)4)13-21-24(30)17(6)18(7)35-28(21)34/h9,11,15,30-33H,8,10,12-13H2,1-7H3. The highest BCUT2D eigenvalue weighted by molar-refractivity contribution is 6.03. The highest BCUT2D eigenvalue weighted by Gasteiger charge is 2.29. The summed E-state index contributed by atoms with van der Waals surface area (Å²) in [7, 11) is 0. The molecular formula is C28H36O7. The number of phenolic OH excluding ortho intramolecular Hbond substituents is 3. The molecule has 1 heterocycles. The van der Waals surface area contributed by atoms with Gasteiger partial charge in [-0.25, -0.2) is 4.79 Å². The number of hydrogen-bond acceptors (Lipinski definition) is 7. The predicted molar refractivity (Wildman–Crippen MR) is 136 cm³/mol. The summed E-state index contributed by atoms with van der Waals surface area (Å²) in [5.41, 5.74) is 1.24. The van der Waals surface area contributed by atoms with Crippen LogP contribution in [0.5, 0.6) is 23.0 Å². The number of rotatable bonds is 9. The van der Waals surface area contributed by atoms with Crippen molar-refractivity contribution in [1.29, 1.82) is 0 Å². The normalized spacial score (nSPS) is 11.7. The van der Waals surface area contributed by atoms with Gasteiger partial charge in [0, 0.05) is 29.0 Å². The Bertz CT molecular complexity index is 1240. The topological polar surface area (TPSA) is 128 Å². The molecule has 0 fully saturated rings. The van der Waals surface area contributed by atoms with Crippen molar-refractivity contribution in [2.45, 2.75) is 74.1 Å². The summed E-state index contributed by atoms with van der Waals surface area (Å²) in [6, 6.07) is 0. The molecule has 2 rings (SSSR count). The molecule has 0 radical (unpaired) electrons. The minimum Gasteiger partial charge on any atom is -0.507 e. The minimum atomic E-state index is -0.814. The Morgan fingerprint density at radius 1 is 0.886 bits per heavy atom. The SMILES string of the molecule is CC(C)=CCCC(C)=CCc1c(O)c(Cc2c(O)c(C)c(C)oc2=O)c(O)c(C(=O)C(C)C)c1O. The summed E-state index contributed by atoms with van der Waals surface area (Å²) in [6.07, 6.45) is 5.32. The van der Waals surface area contributed by atoms with E-state index in [0.29, 0.717) is 5.56 Å². The Labute approximate surface area is 206 Å². The van der Waals surface area contributed by atoms with Crippen molar-refractivity contribution >= 4 is 5.78 Å². The summed E-state index contributed by atoms with van der Waals surface area (Å²) >= 11 is 0. The molecule has 0 aliphatic carbocycles. The molecule has 0 saturated heterocycles. The second kappa shape index (κ2) is 11.3. The maximum absolute atomic E-state index is 12.9. The number of phenols is 3. The zero-order valence-corrected chi connectivity index (χ0v) is 21.6. The quantitative estimate of drug-likeness (QED) is 0.264. The molecule has 0 saturated carbocycles. The van der Waals surface area contributed by atoms with Gasteiger partial charge in [-0.2, -0.15) is 0 Å². The van der Waals surface area contributed by atoms with E-state index < -0.39 is 34.6 Å². The predicted octanol–water partition coefficient (Wildman–Crippen LogP) is 5.74. The van der Waals surface area contributed by atoms with Crippen molar-refractivity contribution in [3.8, 4) is 23.0 Å². The van der Waals surface area contributed by atoms with Crippen molar-refractivity contribution < 1.29 is 29.6 Å². The third kappa shape index (κ3) is 6.15. The lowest BCUT2D eigenvalue weighted by atomic mass is 9.89. The number of allylic oxidation sites excluding steroid dienone is 4. The summed E-state index contributed by atoms with van der Waals surface area (Å²) in [4.78, 5) is 25.3. The maximum Gasteiger partial charge on any atom is 0.343 e. The summed E-state index contributed by atoms with van der Waals surface area (Å²) in [6.45, 7) is 12.4. The average molecular weight is 485 g/mol. The number of Topliss-reactive ketones (excluding diaryl/α,β-unsaturated/α-hetero) is 1. The molecule has 4 N–H and O–H groups in total. The van der Waals surface area contributed by atoms with Gasteiger partial charge in [0.2, 0.25) is 0 Å². The zero-order valence-electron chi connectivity index (χ0n) is 21.6. The molecule has 0 unspecified atom stereocenters. The second-order valence-corrected chi connectivity index (χ2v) is 9.55. The van der Waals surface area contributed by atoms with Crippen LogP contribution in [-0.4, -0.2) is 26.2 Å². The molecule has 7 nitrogen and oxygen atoms in total. The Hall–Kier alpha value is -3.48. The van der Waals surface area contributed by atoms with Gasteiger partial charge in [-0.3, -0.25) is 4.79 Å². The van der Waals surface area contributed by atoms with Gasteiger partial charge < -0.3 is 24.8 Å². The number of aryl methyl sites for hydroxylation is 1.